The normalized spacial score (nSPS) is 9.62. The van der Waals surface area contributed by atoms with Gasteiger partial charge in [0, 0.05) is 16.5 Å². The van der Waals surface area contributed by atoms with Crippen LogP contribution in [0.1, 0.15) is 9.67 Å². The van der Waals surface area contributed by atoms with Crippen molar-refractivity contribution in [2.45, 2.75) is 0 Å². The highest BCUT2D eigenvalue weighted by molar-refractivity contribution is 7.12. The molecule has 0 amide bonds. The van der Waals surface area contributed by atoms with Crippen LogP contribution in [-0.2, 0) is 0 Å². The van der Waals surface area contributed by atoms with Crippen molar-refractivity contribution in [2.75, 3.05) is 6.61 Å². The molecule has 0 aliphatic heterocycles. The quantitative estimate of drug-likeness (QED) is 0.845. The van der Waals surface area contributed by atoms with Gasteiger partial charge >= 0.3 is 5.97 Å². The molecule has 0 saturated carbocycles. The predicted molar refractivity (Wildman–Crippen MR) is 51.8 cm³/mol. The van der Waals surface area contributed by atoms with E-state index in [0.29, 0.717) is 10.8 Å². The van der Waals surface area contributed by atoms with Crippen LogP contribution in [0.4, 0.5) is 0 Å². The number of aromatic carboxylic acids is 1. The molecule has 1 aromatic heterocycles. The van der Waals surface area contributed by atoms with E-state index < -0.39 is 5.97 Å². The second-order valence-corrected chi connectivity index (χ2v) is 3.70. The Morgan fingerprint density at radius 3 is 2.92 bits per heavy atom. The lowest BCUT2D eigenvalue weighted by atomic mass is 10.4. The van der Waals surface area contributed by atoms with Crippen molar-refractivity contribution in [1.82, 2.24) is 0 Å². The van der Waals surface area contributed by atoms with Crippen LogP contribution >= 0.6 is 22.9 Å². The fraction of sp³-hybridized carbons (Fsp3) is 0.125. The maximum absolute atomic E-state index is 10.5. The minimum atomic E-state index is -0.954. The van der Waals surface area contributed by atoms with Gasteiger partial charge in [-0.05, 0) is 0 Å². The molecule has 1 N–H and O–H groups in total. The molecule has 70 valence electrons. The molecule has 0 atom stereocenters. The number of carboxylic acid groups (broad SMARTS) is 1. The molecule has 0 aliphatic rings. The maximum Gasteiger partial charge on any atom is 0.346 e. The Morgan fingerprint density at radius 1 is 1.77 bits per heavy atom. The van der Waals surface area contributed by atoms with Gasteiger partial charge in [0.1, 0.15) is 17.2 Å². The van der Waals surface area contributed by atoms with Crippen LogP contribution in [0.5, 0.6) is 5.75 Å². The molecular weight excluding hydrogens is 212 g/mol. The van der Waals surface area contributed by atoms with Gasteiger partial charge in [-0.1, -0.05) is 18.2 Å². The first kappa shape index (κ1) is 10.1. The highest BCUT2D eigenvalue weighted by Crippen LogP contribution is 2.21. The number of hydrogen-bond donors (Lipinski definition) is 1. The van der Waals surface area contributed by atoms with Gasteiger partial charge in [-0.25, -0.2) is 4.79 Å². The SMILES string of the molecule is C=C(Cl)COc1csc(C(=O)O)c1. The standard InChI is InChI=1S/C8H7ClO3S/c1-5(9)3-12-6-2-7(8(10)11)13-4-6/h2,4H,1,3H2,(H,10,11). The number of halogens is 1. The van der Waals surface area contributed by atoms with Crippen LogP contribution in [0.25, 0.3) is 0 Å². The van der Waals surface area contributed by atoms with E-state index >= 15 is 0 Å². The topological polar surface area (TPSA) is 46.5 Å². The number of carbonyl (C=O) groups is 1. The van der Waals surface area contributed by atoms with Gasteiger partial charge < -0.3 is 9.84 Å². The average molecular weight is 219 g/mol. The van der Waals surface area contributed by atoms with Crippen molar-refractivity contribution in [3.05, 3.63) is 27.9 Å². The fourth-order valence-electron chi connectivity index (χ4n) is 0.668. The molecular formula is C8H7ClO3S. The minimum absolute atomic E-state index is 0.192. The molecule has 13 heavy (non-hydrogen) atoms. The number of carboxylic acids is 1. The van der Waals surface area contributed by atoms with E-state index in [1.165, 1.54) is 6.07 Å². The molecule has 0 bridgehead atoms. The van der Waals surface area contributed by atoms with Crippen LogP contribution in [-0.4, -0.2) is 17.7 Å². The zero-order valence-corrected chi connectivity index (χ0v) is 8.19. The van der Waals surface area contributed by atoms with Crippen molar-refractivity contribution >= 4 is 28.9 Å². The molecule has 0 aromatic carbocycles. The summed E-state index contributed by atoms with van der Waals surface area (Å²) in [4.78, 5) is 10.7. The average Bonchev–Trinajstić information content (AvgIpc) is 2.48. The molecule has 0 aliphatic carbocycles. The summed E-state index contributed by atoms with van der Waals surface area (Å²) in [6.45, 7) is 3.63. The van der Waals surface area contributed by atoms with Crippen molar-refractivity contribution in [2.24, 2.45) is 0 Å². The molecule has 0 spiro atoms. The molecule has 0 radical (unpaired) electrons. The molecule has 0 saturated heterocycles. The molecule has 1 heterocycles. The number of rotatable bonds is 4. The third kappa shape index (κ3) is 3.08. The number of ether oxygens (including phenoxy) is 1. The lowest BCUT2D eigenvalue weighted by Crippen LogP contribution is -1.95. The summed E-state index contributed by atoms with van der Waals surface area (Å²) in [5.74, 6) is -0.450. The van der Waals surface area contributed by atoms with Crippen LogP contribution in [0, 0.1) is 0 Å². The summed E-state index contributed by atoms with van der Waals surface area (Å²) < 4.78 is 5.11. The molecule has 1 rings (SSSR count). The summed E-state index contributed by atoms with van der Waals surface area (Å²) in [5, 5.41) is 10.6. The minimum Gasteiger partial charge on any atom is -0.487 e. The maximum atomic E-state index is 10.5. The first-order chi connectivity index (χ1) is 6.09. The lowest BCUT2D eigenvalue weighted by molar-refractivity contribution is 0.0702. The Kier molecular flexibility index (Phi) is 3.33. The van der Waals surface area contributed by atoms with Gasteiger partial charge in [-0.15, -0.1) is 11.3 Å². The van der Waals surface area contributed by atoms with E-state index in [2.05, 4.69) is 6.58 Å². The van der Waals surface area contributed by atoms with E-state index in [1.54, 1.807) is 5.38 Å². The van der Waals surface area contributed by atoms with Crippen molar-refractivity contribution in [1.29, 1.82) is 0 Å². The van der Waals surface area contributed by atoms with E-state index in [1.807, 2.05) is 0 Å². The highest BCUT2D eigenvalue weighted by Gasteiger charge is 2.07. The van der Waals surface area contributed by atoms with Crippen molar-refractivity contribution in [3.8, 4) is 5.75 Å². The number of hydrogen-bond acceptors (Lipinski definition) is 3. The number of thiophene rings is 1. The van der Waals surface area contributed by atoms with Gasteiger partial charge in [0.15, 0.2) is 0 Å². The van der Waals surface area contributed by atoms with Crippen molar-refractivity contribution in [3.63, 3.8) is 0 Å². The lowest BCUT2D eigenvalue weighted by Gasteiger charge is -1.99. The zero-order valence-electron chi connectivity index (χ0n) is 6.62. The third-order valence-electron chi connectivity index (χ3n) is 1.18. The summed E-state index contributed by atoms with van der Waals surface area (Å²) >= 11 is 6.58. The highest BCUT2D eigenvalue weighted by atomic mass is 35.5. The summed E-state index contributed by atoms with van der Waals surface area (Å²) in [6.07, 6.45) is 0. The van der Waals surface area contributed by atoms with Gasteiger partial charge in [0.25, 0.3) is 0 Å². The molecule has 0 unspecified atom stereocenters. The Balaban J connectivity index is 2.59. The smallest absolute Gasteiger partial charge is 0.346 e. The van der Waals surface area contributed by atoms with Crippen LogP contribution < -0.4 is 4.74 Å². The molecule has 3 nitrogen and oxygen atoms in total. The first-order valence-corrected chi connectivity index (χ1v) is 4.63. The zero-order chi connectivity index (χ0) is 9.84. The predicted octanol–water partition coefficient (Wildman–Crippen LogP) is 2.58. The van der Waals surface area contributed by atoms with E-state index in [9.17, 15) is 4.79 Å². The first-order valence-electron chi connectivity index (χ1n) is 3.37. The van der Waals surface area contributed by atoms with Crippen LogP contribution in [0.3, 0.4) is 0 Å². The monoisotopic (exact) mass is 218 g/mol. The second kappa shape index (κ2) is 4.30. The summed E-state index contributed by atoms with van der Waals surface area (Å²) in [6, 6.07) is 1.45. The van der Waals surface area contributed by atoms with Gasteiger partial charge in [0.05, 0.1) is 0 Å². The third-order valence-corrected chi connectivity index (χ3v) is 2.19. The Bertz CT molecular complexity index is 332. The molecule has 5 heteroatoms. The van der Waals surface area contributed by atoms with E-state index in [0.717, 1.165) is 11.3 Å². The second-order valence-electron chi connectivity index (χ2n) is 2.26. The summed E-state index contributed by atoms with van der Waals surface area (Å²) in [5.41, 5.74) is 0. The van der Waals surface area contributed by atoms with Gasteiger partial charge in [-0.3, -0.25) is 0 Å². The van der Waals surface area contributed by atoms with Crippen LogP contribution in [0.2, 0.25) is 0 Å². The molecule has 1 aromatic rings. The Morgan fingerprint density at radius 2 is 2.46 bits per heavy atom. The van der Waals surface area contributed by atoms with Crippen LogP contribution in [0.15, 0.2) is 23.1 Å². The van der Waals surface area contributed by atoms with Gasteiger partial charge in [0.2, 0.25) is 0 Å². The summed E-state index contributed by atoms with van der Waals surface area (Å²) in [7, 11) is 0. The largest absolute Gasteiger partial charge is 0.487 e. The van der Waals surface area contributed by atoms with Gasteiger partial charge in [-0.2, -0.15) is 0 Å². The van der Waals surface area contributed by atoms with E-state index in [4.69, 9.17) is 21.4 Å². The van der Waals surface area contributed by atoms with Crippen molar-refractivity contribution < 1.29 is 14.6 Å². The van der Waals surface area contributed by atoms with E-state index in [-0.39, 0.29) is 11.5 Å². The Labute approximate surface area is 84.2 Å². The molecule has 0 fully saturated rings. The fourth-order valence-corrected chi connectivity index (χ4v) is 1.39. The Hall–Kier alpha value is -1.00.